The quantitative estimate of drug-likeness (QED) is 0.573. The SMILES string of the molecule is CCCCSc1cnc(C(CN)SC)[nH]1. The number of nitrogens with two attached hydrogens (primary N) is 1. The number of nitrogens with one attached hydrogen (secondary N) is 1. The van der Waals surface area contributed by atoms with E-state index < -0.39 is 0 Å². The van der Waals surface area contributed by atoms with E-state index in [-0.39, 0.29) is 0 Å². The Hall–Kier alpha value is -0.130. The van der Waals surface area contributed by atoms with Crippen LogP contribution in [0.5, 0.6) is 0 Å². The van der Waals surface area contributed by atoms with Crippen molar-refractivity contribution in [2.75, 3.05) is 18.6 Å². The van der Waals surface area contributed by atoms with Crippen LogP contribution in [-0.2, 0) is 0 Å². The van der Waals surface area contributed by atoms with E-state index in [4.69, 9.17) is 5.73 Å². The van der Waals surface area contributed by atoms with Gasteiger partial charge in [0.1, 0.15) is 5.82 Å². The van der Waals surface area contributed by atoms with Gasteiger partial charge in [0.15, 0.2) is 0 Å². The van der Waals surface area contributed by atoms with Gasteiger partial charge in [-0.05, 0) is 18.4 Å². The molecule has 1 rings (SSSR count). The molecule has 0 aliphatic rings. The highest BCUT2D eigenvalue weighted by molar-refractivity contribution is 7.99. The Labute approximate surface area is 100 Å². The highest BCUT2D eigenvalue weighted by Gasteiger charge is 2.11. The summed E-state index contributed by atoms with van der Waals surface area (Å²) in [7, 11) is 0. The molecule has 0 aliphatic heterocycles. The minimum absolute atomic E-state index is 0.297. The Bertz CT molecular complexity index is 271. The van der Waals surface area contributed by atoms with Gasteiger partial charge in [-0.25, -0.2) is 4.98 Å². The fraction of sp³-hybridized carbons (Fsp3) is 0.700. The molecule has 0 bridgehead atoms. The first-order valence-corrected chi connectivity index (χ1v) is 7.49. The summed E-state index contributed by atoms with van der Waals surface area (Å²) in [6.45, 7) is 2.84. The molecule has 1 aromatic heterocycles. The molecule has 86 valence electrons. The first-order chi connectivity index (χ1) is 7.31. The number of rotatable bonds is 7. The number of H-pyrrole nitrogens is 1. The van der Waals surface area contributed by atoms with Crippen LogP contribution in [-0.4, -0.2) is 28.5 Å². The Balaban J connectivity index is 2.47. The molecule has 0 amide bonds. The van der Waals surface area contributed by atoms with Crippen LogP contribution in [0.1, 0.15) is 30.8 Å². The van der Waals surface area contributed by atoms with E-state index in [1.54, 1.807) is 11.8 Å². The lowest BCUT2D eigenvalue weighted by Gasteiger charge is -2.07. The number of hydrogen-bond acceptors (Lipinski definition) is 4. The van der Waals surface area contributed by atoms with Crippen LogP contribution in [0, 0.1) is 0 Å². The molecule has 1 heterocycles. The second-order valence-corrected chi connectivity index (χ2v) is 5.47. The predicted octanol–water partition coefficient (Wildman–Crippen LogP) is 2.66. The summed E-state index contributed by atoms with van der Waals surface area (Å²) in [6.07, 6.45) is 6.46. The van der Waals surface area contributed by atoms with E-state index in [1.807, 2.05) is 18.0 Å². The molecule has 3 nitrogen and oxygen atoms in total. The maximum Gasteiger partial charge on any atom is 0.121 e. The molecule has 5 heteroatoms. The number of imidazole rings is 1. The zero-order valence-corrected chi connectivity index (χ0v) is 11.0. The van der Waals surface area contributed by atoms with Crippen molar-refractivity contribution in [1.29, 1.82) is 0 Å². The second kappa shape index (κ2) is 7.19. The van der Waals surface area contributed by atoms with E-state index in [9.17, 15) is 0 Å². The first kappa shape index (κ1) is 12.9. The van der Waals surface area contributed by atoms with Crippen LogP contribution in [0.4, 0.5) is 0 Å². The zero-order valence-electron chi connectivity index (χ0n) is 9.32. The summed E-state index contributed by atoms with van der Waals surface area (Å²) in [5, 5.41) is 1.46. The van der Waals surface area contributed by atoms with Gasteiger partial charge in [-0.3, -0.25) is 0 Å². The number of aromatic amines is 1. The average molecular weight is 245 g/mol. The molecule has 0 aliphatic carbocycles. The molecule has 0 spiro atoms. The van der Waals surface area contributed by atoms with Gasteiger partial charge in [-0.2, -0.15) is 11.8 Å². The number of nitrogens with zero attached hydrogens (tertiary/aromatic N) is 1. The largest absolute Gasteiger partial charge is 0.336 e. The predicted molar refractivity (Wildman–Crippen MR) is 69.5 cm³/mol. The molecule has 0 radical (unpaired) electrons. The van der Waals surface area contributed by atoms with Gasteiger partial charge in [-0.1, -0.05) is 13.3 Å². The highest BCUT2D eigenvalue weighted by Crippen LogP contribution is 2.25. The van der Waals surface area contributed by atoms with Gasteiger partial charge in [0.05, 0.1) is 16.5 Å². The van der Waals surface area contributed by atoms with Crippen LogP contribution in [0.3, 0.4) is 0 Å². The van der Waals surface area contributed by atoms with Crippen molar-refractivity contribution in [1.82, 2.24) is 9.97 Å². The van der Waals surface area contributed by atoms with E-state index in [1.165, 1.54) is 12.8 Å². The molecule has 15 heavy (non-hydrogen) atoms. The first-order valence-electron chi connectivity index (χ1n) is 5.22. The molecule has 1 unspecified atom stereocenters. The van der Waals surface area contributed by atoms with Crippen molar-refractivity contribution in [3.63, 3.8) is 0 Å². The summed E-state index contributed by atoms with van der Waals surface area (Å²) < 4.78 is 0. The van der Waals surface area contributed by atoms with E-state index in [0.29, 0.717) is 11.8 Å². The lowest BCUT2D eigenvalue weighted by molar-refractivity contribution is 0.863. The Morgan fingerprint density at radius 2 is 2.40 bits per heavy atom. The summed E-state index contributed by atoms with van der Waals surface area (Å²) in [6, 6.07) is 0. The lowest BCUT2D eigenvalue weighted by atomic mass is 10.4. The van der Waals surface area contributed by atoms with Crippen molar-refractivity contribution in [2.24, 2.45) is 5.73 Å². The van der Waals surface area contributed by atoms with Crippen LogP contribution in [0.2, 0.25) is 0 Å². The van der Waals surface area contributed by atoms with Crippen LogP contribution in [0.25, 0.3) is 0 Å². The van der Waals surface area contributed by atoms with Gasteiger partial charge in [-0.15, -0.1) is 11.8 Å². The maximum absolute atomic E-state index is 5.66. The normalized spacial score (nSPS) is 13.0. The lowest BCUT2D eigenvalue weighted by Crippen LogP contribution is -2.10. The second-order valence-electron chi connectivity index (χ2n) is 3.29. The number of thioether (sulfide) groups is 2. The molecule has 1 aromatic rings. The van der Waals surface area contributed by atoms with Gasteiger partial charge < -0.3 is 10.7 Å². The maximum atomic E-state index is 5.66. The topological polar surface area (TPSA) is 54.7 Å². The molecule has 1 atom stereocenters. The van der Waals surface area contributed by atoms with Gasteiger partial charge in [0.2, 0.25) is 0 Å². The third-order valence-corrected chi connectivity index (χ3v) is 4.13. The average Bonchev–Trinajstić information content (AvgIpc) is 2.69. The molecule has 0 aromatic carbocycles. The zero-order chi connectivity index (χ0) is 11.1. The van der Waals surface area contributed by atoms with Crippen molar-refractivity contribution >= 4 is 23.5 Å². The fourth-order valence-corrected chi connectivity index (χ4v) is 2.69. The third-order valence-electron chi connectivity index (χ3n) is 2.13. The Morgan fingerprint density at radius 3 is 3.00 bits per heavy atom. The van der Waals surface area contributed by atoms with Gasteiger partial charge >= 0.3 is 0 Å². The van der Waals surface area contributed by atoms with Crippen LogP contribution >= 0.6 is 23.5 Å². The standard InChI is InChI=1S/C10H19N3S2/c1-3-4-5-15-9-7-12-10(13-9)8(6-11)14-2/h7-8H,3-6,11H2,1-2H3,(H,12,13). The monoisotopic (exact) mass is 245 g/mol. The van der Waals surface area contributed by atoms with Crippen LogP contribution < -0.4 is 5.73 Å². The number of hydrogen-bond donors (Lipinski definition) is 2. The van der Waals surface area contributed by atoms with Crippen molar-refractivity contribution in [2.45, 2.75) is 30.0 Å². The summed E-state index contributed by atoms with van der Waals surface area (Å²) in [4.78, 5) is 7.68. The molecule has 0 fully saturated rings. The van der Waals surface area contributed by atoms with Gasteiger partial charge in [0, 0.05) is 6.54 Å². The molecule has 3 N–H and O–H groups in total. The summed E-state index contributed by atoms with van der Waals surface area (Å²) in [5.74, 6) is 2.16. The number of unbranched alkanes of at least 4 members (excludes halogenated alkanes) is 1. The van der Waals surface area contributed by atoms with E-state index in [2.05, 4.69) is 23.1 Å². The minimum atomic E-state index is 0.297. The van der Waals surface area contributed by atoms with Crippen LogP contribution in [0.15, 0.2) is 11.2 Å². The Morgan fingerprint density at radius 1 is 1.60 bits per heavy atom. The number of aromatic nitrogens is 2. The third kappa shape index (κ3) is 4.09. The summed E-state index contributed by atoms with van der Waals surface area (Å²) >= 11 is 3.57. The minimum Gasteiger partial charge on any atom is -0.336 e. The highest BCUT2D eigenvalue weighted by atomic mass is 32.2. The molecular weight excluding hydrogens is 226 g/mol. The Kier molecular flexibility index (Phi) is 6.20. The summed E-state index contributed by atoms with van der Waals surface area (Å²) in [5.41, 5.74) is 5.66. The fourth-order valence-electron chi connectivity index (χ4n) is 1.20. The van der Waals surface area contributed by atoms with Crippen molar-refractivity contribution < 1.29 is 0 Å². The molecule has 0 saturated heterocycles. The molecular formula is C10H19N3S2. The smallest absolute Gasteiger partial charge is 0.121 e. The van der Waals surface area contributed by atoms with Crippen molar-refractivity contribution in [3.05, 3.63) is 12.0 Å². The van der Waals surface area contributed by atoms with E-state index >= 15 is 0 Å². The molecule has 0 saturated carbocycles. The van der Waals surface area contributed by atoms with Crippen molar-refractivity contribution in [3.8, 4) is 0 Å². The van der Waals surface area contributed by atoms with Gasteiger partial charge in [0.25, 0.3) is 0 Å². The van der Waals surface area contributed by atoms with E-state index in [0.717, 1.165) is 16.6 Å².